The van der Waals surface area contributed by atoms with Gasteiger partial charge in [0.25, 0.3) is 0 Å². The second kappa shape index (κ2) is 6.73. The van der Waals surface area contributed by atoms with Gasteiger partial charge in [0.05, 0.1) is 0 Å². The maximum Gasteiger partial charge on any atom is -0.0149 e. The van der Waals surface area contributed by atoms with Crippen molar-refractivity contribution >= 4 is 0 Å². The third-order valence-corrected chi connectivity index (χ3v) is 3.53. The lowest BCUT2D eigenvalue weighted by Crippen LogP contribution is -1.86. The Morgan fingerprint density at radius 3 is 2.56 bits per heavy atom. The Labute approximate surface area is 100 Å². The summed E-state index contributed by atoms with van der Waals surface area (Å²) in [6, 6.07) is 11.7. The molecule has 2 rings (SSSR count). The van der Waals surface area contributed by atoms with Crippen molar-refractivity contribution in [2.45, 2.75) is 57.8 Å². The molecule has 0 bridgehead atoms. The van der Waals surface area contributed by atoms with Gasteiger partial charge in [0.15, 0.2) is 0 Å². The molecule has 0 N–H and O–H groups in total. The Balaban J connectivity index is 1.42. The topological polar surface area (TPSA) is 0 Å². The van der Waals surface area contributed by atoms with E-state index in [0.717, 1.165) is 5.92 Å². The molecule has 16 heavy (non-hydrogen) atoms. The summed E-state index contributed by atoms with van der Waals surface area (Å²) in [6.45, 7) is 0. The van der Waals surface area contributed by atoms with Gasteiger partial charge in [-0.2, -0.15) is 0 Å². The van der Waals surface area contributed by atoms with E-state index in [1.54, 1.807) is 0 Å². The van der Waals surface area contributed by atoms with Gasteiger partial charge in [-0.1, -0.05) is 69.2 Å². The maximum atomic E-state index is 3.29. The molecule has 1 aliphatic rings. The van der Waals surface area contributed by atoms with E-state index in [9.17, 15) is 0 Å². The Kier molecular flexibility index (Phi) is 4.92. The quantitative estimate of drug-likeness (QED) is 0.547. The van der Waals surface area contributed by atoms with Crippen molar-refractivity contribution in [3.05, 3.63) is 35.9 Å². The Bertz CT molecular complexity index is 271. The van der Waals surface area contributed by atoms with Gasteiger partial charge in [0.2, 0.25) is 0 Å². The van der Waals surface area contributed by atoms with Crippen LogP contribution in [0.1, 0.15) is 56.9 Å². The van der Waals surface area contributed by atoms with Crippen LogP contribution in [0.5, 0.6) is 0 Å². The number of hydrogen-bond donors (Lipinski definition) is 0. The largest absolute Gasteiger partial charge is 0.0620 e. The normalized spacial score (nSPS) is 15.2. The predicted octanol–water partition coefficient (Wildman–Crippen LogP) is 4.78. The zero-order valence-corrected chi connectivity index (χ0v) is 10.3. The fourth-order valence-electron chi connectivity index (χ4n) is 2.27. The molecule has 1 aliphatic carbocycles. The summed E-state index contributed by atoms with van der Waals surface area (Å²) >= 11 is 0. The molecule has 1 saturated carbocycles. The van der Waals surface area contributed by atoms with Crippen molar-refractivity contribution < 1.29 is 0 Å². The molecular weight excluding hydrogens is 192 g/mol. The Hall–Kier alpha value is -0.780. The van der Waals surface area contributed by atoms with E-state index in [-0.39, 0.29) is 0 Å². The molecule has 0 aliphatic heterocycles. The predicted molar refractivity (Wildman–Crippen MR) is 69.4 cm³/mol. The summed E-state index contributed by atoms with van der Waals surface area (Å²) in [7, 11) is 0. The molecule has 1 fully saturated rings. The number of benzene rings is 1. The monoisotopic (exact) mass is 215 g/mol. The van der Waals surface area contributed by atoms with Crippen molar-refractivity contribution in [3.63, 3.8) is 0 Å². The van der Waals surface area contributed by atoms with Gasteiger partial charge in [-0.05, 0) is 30.4 Å². The van der Waals surface area contributed by atoms with Crippen LogP contribution in [0.4, 0.5) is 0 Å². The van der Waals surface area contributed by atoms with Gasteiger partial charge in [0, 0.05) is 0 Å². The molecular formula is C16H23. The van der Waals surface area contributed by atoms with E-state index in [1.165, 1.54) is 63.4 Å². The minimum atomic E-state index is 1.12. The Morgan fingerprint density at radius 1 is 1.00 bits per heavy atom. The summed E-state index contributed by atoms with van der Waals surface area (Å²) < 4.78 is 0. The summed E-state index contributed by atoms with van der Waals surface area (Å²) in [4.78, 5) is 0. The number of rotatable bonds is 8. The number of aryl methyl sites for hydroxylation is 1. The lowest BCUT2D eigenvalue weighted by molar-refractivity contribution is 0.571. The molecule has 0 aromatic heterocycles. The molecule has 1 aromatic carbocycles. The molecule has 0 nitrogen and oxygen atoms in total. The number of unbranched alkanes of at least 4 members (excludes halogenated alkanes) is 4. The van der Waals surface area contributed by atoms with Gasteiger partial charge < -0.3 is 0 Å². The minimum absolute atomic E-state index is 1.12. The molecule has 0 heteroatoms. The van der Waals surface area contributed by atoms with Crippen molar-refractivity contribution in [2.24, 2.45) is 5.92 Å². The molecule has 0 amide bonds. The van der Waals surface area contributed by atoms with Gasteiger partial charge in [-0.25, -0.2) is 0 Å². The molecule has 0 spiro atoms. The van der Waals surface area contributed by atoms with Crippen LogP contribution in [0.3, 0.4) is 0 Å². The van der Waals surface area contributed by atoms with Gasteiger partial charge in [-0.3, -0.25) is 0 Å². The average Bonchev–Trinajstić information content (AvgIpc) is 3.13. The zero-order chi connectivity index (χ0) is 11.1. The van der Waals surface area contributed by atoms with Crippen molar-refractivity contribution in [1.82, 2.24) is 0 Å². The highest BCUT2D eigenvalue weighted by molar-refractivity contribution is 5.12. The molecule has 1 radical (unpaired) electrons. The van der Waals surface area contributed by atoms with Gasteiger partial charge >= 0.3 is 0 Å². The summed E-state index contributed by atoms with van der Waals surface area (Å²) in [5.41, 5.74) is 1.38. The molecule has 1 aromatic rings. The minimum Gasteiger partial charge on any atom is -0.0620 e. The molecule has 0 saturated heterocycles. The lowest BCUT2D eigenvalue weighted by Gasteiger charge is -2.01. The van der Waals surface area contributed by atoms with Crippen LogP contribution < -0.4 is 0 Å². The first kappa shape index (κ1) is 11.7. The molecule has 0 atom stereocenters. The smallest absolute Gasteiger partial charge is 0.0149 e. The van der Waals surface area contributed by atoms with E-state index >= 15 is 0 Å². The van der Waals surface area contributed by atoms with E-state index in [2.05, 4.69) is 18.2 Å². The first-order chi connectivity index (χ1) is 7.95. The second-order valence-corrected chi connectivity index (χ2v) is 5.14. The zero-order valence-electron chi connectivity index (χ0n) is 10.3. The van der Waals surface area contributed by atoms with Gasteiger partial charge in [-0.15, -0.1) is 0 Å². The standard InChI is InChI=1S/C16H23/c1(3-6-12-16-13-14-16)2-5-9-15-10-7-4-8-11-15/h4,7-8,10,16H,1-3,5-6,9,12-14H2. The fraction of sp³-hybridized carbons (Fsp3) is 0.625. The van der Waals surface area contributed by atoms with Crippen LogP contribution in [-0.2, 0) is 6.42 Å². The lowest BCUT2D eigenvalue weighted by atomic mass is 10.0. The van der Waals surface area contributed by atoms with Crippen LogP contribution in [0, 0.1) is 12.0 Å². The van der Waals surface area contributed by atoms with Crippen molar-refractivity contribution in [1.29, 1.82) is 0 Å². The molecule has 87 valence electrons. The SMILES string of the molecule is [c]1ccccc1CCCCCCCC1CC1. The van der Waals surface area contributed by atoms with E-state index in [4.69, 9.17) is 0 Å². The Morgan fingerprint density at radius 2 is 1.81 bits per heavy atom. The molecule has 0 heterocycles. The van der Waals surface area contributed by atoms with Crippen LogP contribution >= 0.6 is 0 Å². The van der Waals surface area contributed by atoms with Crippen LogP contribution in [0.25, 0.3) is 0 Å². The van der Waals surface area contributed by atoms with E-state index in [1.807, 2.05) is 12.1 Å². The maximum absolute atomic E-state index is 3.29. The van der Waals surface area contributed by atoms with E-state index < -0.39 is 0 Å². The highest BCUT2D eigenvalue weighted by Gasteiger charge is 2.19. The average molecular weight is 215 g/mol. The summed E-state index contributed by atoms with van der Waals surface area (Å²) in [5.74, 6) is 1.12. The number of hydrogen-bond acceptors (Lipinski definition) is 0. The first-order valence-corrected chi connectivity index (χ1v) is 6.91. The van der Waals surface area contributed by atoms with Crippen LogP contribution in [0.2, 0.25) is 0 Å². The van der Waals surface area contributed by atoms with Crippen molar-refractivity contribution in [2.75, 3.05) is 0 Å². The second-order valence-electron chi connectivity index (χ2n) is 5.14. The molecule has 0 unspecified atom stereocenters. The fourth-order valence-corrected chi connectivity index (χ4v) is 2.27. The highest BCUT2D eigenvalue weighted by atomic mass is 14.3. The van der Waals surface area contributed by atoms with E-state index in [0.29, 0.717) is 0 Å². The third kappa shape index (κ3) is 4.83. The summed E-state index contributed by atoms with van der Waals surface area (Å²) in [5, 5.41) is 0. The van der Waals surface area contributed by atoms with Crippen LogP contribution in [-0.4, -0.2) is 0 Å². The first-order valence-electron chi connectivity index (χ1n) is 6.91. The summed E-state index contributed by atoms with van der Waals surface area (Å²) in [6.07, 6.45) is 12.8. The highest BCUT2D eigenvalue weighted by Crippen LogP contribution is 2.34. The van der Waals surface area contributed by atoms with Crippen molar-refractivity contribution in [3.8, 4) is 0 Å². The third-order valence-electron chi connectivity index (χ3n) is 3.53. The van der Waals surface area contributed by atoms with Crippen LogP contribution in [0.15, 0.2) is 24.3 Å². The van der Waals surface area contributed by atoms with Gasteiger partial charge in [0.1, 0.15) is 0 Å².